The highest BCUT2D eigenvalue weighted by atomic mass is 79.9. The van der Waals surface area contributed by atoms with Crippen molar-refractivity contribution in [3.05, 3.63) is 57.1 Å². The van der Waals surface area contributed by atoms with E-state index in [9.17, 15) is 23.3 Å². The fourth-order valence-electron chi connectivity index (χ4n) is 1.76. The van der Waals surface area contributed by atoms with Crippen LogP contribution in [-0.2, 0) is 0 Å². The summed E-state index contributed by atoms with van der Waals surface area (Å²) in [6.45, 7) is 0. The Hall–Kier alpha value is -2.09. The van der Waals surface area contributed by atoms with Gasteiger partial charge < -0.3 is 4.74 Å². The van der Waals surface area contributed by atoms with Crippen LogP contribution >= 0.6 is 15.9 Å². The van der Waals surface area contributed by atoms with Gasteiger partial charge in [0, 0.05) is 10.5 Å². The fraction of sp³-hybridized carbons (Fsp3) is 0.0769. The molecule has 0 heterocycles. The van der Waals surface area contributed by atoms with Crippen LogP contribution in [0.1, 0.15) is 0 Å². The lowest BCUT2D eigenvalue weighted by molar-refractivity contribution is -0.384. The minimum absolute atomic E-state index is 0.204. The Labute approximate surface area is 125 Å². The molecule has 0 saturated carbocycles. The van der Waals surface area contributed by atoms with Gasteiger partial charge >= 0.3 is 6.36 Å². The smallest absolute Gasteiger partial charge is 0.406 e. The molecule has 2 aromatic carbocycles. The van der Waals surface area contributed by atoms with Gasteiger partial charge in [0.05, 0.1) is 10.5 Å². The third-order valence-corrected chi connectivity index (χ3v) is 3.03. The van der Waals surface area contributed by atoms with Crippen molar-refractivity contribution in [2.75, 3.05) is 0 Å². The molecular weight excluding hydrogens is 355 g/mol. The summed E-state index contributed by atoms with van der Waals surface area (Å²) >= 11 is 3.11. The van der Waals surface area contributed by atoms with Crippen LogP contribution in [-0.4, -0.2) is 11.3 Å². The van der Waals surface area contributed by atoms with Crippen LogP contribution in [0.2, 0.25) is 0 Å². The SMILES string of the molecule is O=[N+]([O-])c1cc(Br)ccc1-c1cccc(OC(F)(F)F)c1. The molecule has 21 heavy (non-hydrogen) atoms. The van der Waals surface area contributed by atoms with E-state index in [1.54, 1.807) is 6.07 Å². The number of nitrogens with zero attached hydrogens (tertiary/aromatic N) is 1. The second-order valence-electron chi connectivity index (χ2n) is 3.99. The summed E-state index contributed by atoms with van der Waals surface area (Å²) in [7, 11) is 0. The quantitative estimate of drug-likeness (QED) is 0.575. The third-order valence-electron chi connectivity index (χ3n) is 2.54. The molecule has 0 spiro atoms. The van der Waals surface area contributed by atoms with Gasteiger partial charge in [-0.25, -0.2) is 0 Å². The van der Waals surface area contributed by atoms with Crippen LogP contribution in [0, 0.1) is 10.1 Å². The van der Waals surface area contributed by atoms with Crippen LogP contribution < -0.4 is 4.74 Å². The molecule has 0 aliphatic heterocycles. The van der Waals surface area contributed by atoms with Crippen molar-refractivity contribution in [3.8, 4) is 16.9 Å². The van der Waals surface area contributed by atoms with Crippen molar-refractivity contribution in [3.63, 3.8) is 0 Å². The average molecular weight is 362 g/mol. The van der Waals surface area contributed by atoms with Crippen LogP contribution in [0.25, 0.3) is 11.1 Å². The Morgan fingerprint density at radius 3 is 2.48 bits per heavy atom. The van der Waals surface area contributed by atoms with Crippen molar-refractivity contribution < 1.29 is 22.8 Å². The lowest BCUT2D eigenvalue weighted by atomic mass is 10.0. The normalized spacial score (nSPS) is 11.2. The molecule has 0 unspecified atom stereocenters. The first kappa shape index (κ1) is 15.3. The maximum Gasteiger partial charge on any atom is 0.573 e. The molecule has 2 rings (SSSR count). The topological polar surface area (TPSA) is 52.4 Å². The number of nitro benzene ring substituents is 1. The predicted octanol–water partition coefficient (Wildman–Crippen LogP) is 4.92. The first-order chi connectivity index (χ1) is 9.76. The van der Waals surface area contributed by atoms with Crippen LogP contribution in [0.5, 0.6) is 5.75 Å². The van der Waals surface area contributed by atoms with E-state index in [0.717, 1.165) is 12.1 Å². The first-order valence-corrected chi connectivity index (χ1v) is 6.36. The Balaban J connectivity index is 2.48. The summed E-state index contributed by atoms with van der Waals surface area (Å²) in [6, 6.07) is 9.34. The fourth-order valence-corrected chi connectivity index (χ4v) is 2.11. The second-order valence-corrected chi connectivity index (χ2v) is 4.91. The minimum atomic E-state index is -4.82. The molecule has 0 saturated heterocycles. The zero-order valence-electron chi connectivity index (χ0n) is 10.2. The van der Waals surface area contributed by atoms with Gasteiger partial charge in [-0.1, -0.05) is 28.1 Å². The molecule has 0 bridgehead atoms. The second kappa shape index (κ2) is 5.72. The highest BCUT2D eigenvalue weighted by Crippen LogP contribution is 2.34. The molecular formula is C13H7BrF3NO3. The van der Waals surface area contributed by atoms with E-state index in [-0.39, 0.29) is 16.8 Å². The van der Waals surface area contributed by atoms with Crippen molar-refractivity contribution in [1.29, 1.82) is 0 Å². The maximum atomic E-state index is 12.2. The van der Waals surface area contributed by atoms with Crippen molar-refractivity contribution in [2.45, 2.75) is 6.36 Å². The maximum absolute atomic E-state index is 12.2. The van der Waals surface area contributed by atoms with Gasteiger partial charge in [0.2, 0.25) is 0 Å². The third kappa shape index (κ3) is 3.94. The standard InChI is InChI=1S/C13H7BrF3NO3/c14-9-4-5-11(12(7-9)18(19)20)8-2-1-3-10(6-8)21-13(15,16)17/h1-7H. The largest absolute Gasteiger partial charge is 0.573 e. The summed E-state index contributed by atoms with van der Waals surface area (Å²) in [6.07, 6.45) is -4.82. The number of hydrogen-bond acceptors (Lipinski definition) is 3. The van der Waals surface area contributed by atoms with Crippen molar-refractivity contribution >= 4 is 21.6 Å². The van der Waals surface area contributed by atoms with E-state index in [4.69, 9.17) is 0 Å². The monoisotopic (exact) mass is 361 g/mol. The zero-order valence-corrected chi connectivity index (χ0v) is 11.8. The Morgan fingerprint density at radius 2 is 1.86 bits per heavy atom. The molecule has 4 nitrogen and oxygen atoms in total. The summed E-state index contributed by atoms with van der Waals surface area (Å²) in [5.41, 5.74) is 0.250. The number of benzene rings is 2. The summed E-state index contributed by atoms with van der Waals surface area (Å²) in [5.74, 6) is -0.433. The molecule has 0 aliphatic rings. The molecule has 110 valence electrons. The molecule has 0 amide bonds. The van der Waals surface area contributed by atoms with Crippen LogP contribution in [0.15, 0.2) is 46.9 Å². The van der Waals surface area contributed by atoms with Crippen molar-refractivity contribution in [2.24, 2.45) is 0 Å². The Bertz CT molecular complexity index is 689. The predicted molar refractivity (Wildman–Crippen MR) is 72.9 cm³/mol. The molecule has 0 N–H and O–H groups in total. The summed E-state index contributed by atoms with van der Waals surface area (Å²) in [5, 5.41) is 11.0. The van der Waals surface area contributed by atoms with E-state index in [0.29, 0.717) is 4.47 Å². The van der Waals surface area contributed by atoms with Gasteiger partial charge in [0.1, 0.15) is 5.75 Å². The summed E-state index contributed by atoms with van der Waals surface area (Å²) < 4.78 is 40.9. The highest BCUT2D eigenvalue weighted by molar-refractivity contribution is 9.10. The first-order valence-electron chi connectivity index (χ1n) is 5.56. The van der Waals surface area contributed by atoms with E-state index < -0.39 is 17.0 Å². The summed E-state index contributed by atoms with van der Waals surface area (Å²) in [4.78, 5) is 10.4. The Morgan fingerprint density at radius 1 is 1.14 bits per heavy atom. The number of hydrogen-bond donors (Lipinski definition) is 0. The molecule has 0 aliphatic carbocycles. The van der Waals surface area contributed by atoms with Gasteiger partial charge in [-0.15, -0.1) is 13.2 Å². The number of alkyl halides is 3. The van der Waals surface area contributed by atoms with Crippen LogP contribution in [0.4, 0.5) is 18.9 Å². The van der Waals surface area contributed by atoms with Gasteiger partial charge in [-0.2, -0.15) is 0 Å². The van der Waals surface area contributed by atoms with Crippen molar-refractivity contribution in [1.82, 2.24) is 0 Å². The van der Waals surface area contributed by atoms with Crippen LogP contribution in [0.3, 0.4) is 0 Å². The minimum Gasteiger partial charge on any atom is -0.406 e. The molecule has 8 heteroatoms. The number of nitro groups is 1. The molecule has 0 fully saturated rings. The average Bonchev–Trinajstić information content (AvgIpc) is 2.36. The van der Waals surface area contributed by atoms with Gasteiger partial charge in [0.25, 0.3) is 5.69 Å². The van der Waals surface area contributed by atoms with E-state index in [1.165, 1.54) is 24.3 Å². The van der Waals surface area contributed by atoms with Gasteiger partial charge in [-0.05, 0) is 29.8 Å². The van der Waals surface area contributed by atoms with Gasteiger partial charge in [0.15, 0.2) is 0 Å². The number of halogens is 4. The lowest BCUT2D eigenvalue weighted by Gasteiger charge is -2.10. The lowest BCUT2D eigenvalue weighted by Crippen LogP contribution is -2.17. The Kier molecular flexibility index (Phi) is 4.17. The molecule has 2 aromatic rings. The van der Waals surface area contributed by atoms with E-state index in [1.807, 2.05) is 0 Å². The number of ether oxygens (including phenoxy) is 1. The molecule has 0 radical (unpaired) electrons. The highest BCUT2D eigenvalue weighted by Gasteiger charge is 2.31. The molecule has 0 atom stereocenters. The zero-order chi connectivity index (χ0) is 15.6. The van der Waals surface area contributed by atoms with E-state index >= 15 is 0 Å². The van der Waals surface area contributed by atoms with E-state index in [2.05, 4.69) is 20.7 Å². The van der Waals surface area contributed by atoms with Gasteiger partial charge in [-0.3, -0.25) is 10.1 Å². The molecule has 0 aromatic heterocycles. The number of rotatable bonds is 3.